The van der Waals surface area contributed by atoms with Gasteiger partial charge in [0, 0.05) is 11.4 Å². The molecule has 0 amide bonds. The van der Waals surface area contributed by atoms with Crippen molar-refractivity contribution in [1.82, 2.24) is 5.32 Å². The number of nitrogens with zero attached hydrogens (tertiary/aromatic N) is 1. The van der Waals surface area contributed by atoms with Crippen LogP contribution in [0.3, 0.4) is 0 Å². The maximum atomic E-state index is 4.40. The maximum Gasteiger partial charge on any atom is 0.0713 e. The first-order valence-electron chi connectivity index (χ1n) is 4.12. The first-order chi connectivity index (χ1) is 5.38. The molecule has 1 aromatic rings. The molecule has 0 N–H and O–H groups in total. The number of rotatable bonds is 4. The summed E-state index contributed by atoms with van der Waals surface area (Å²) >= 11 is 1.82. The number of aryl methyl sites for hydroxylation is 1. The highest BCUT2D eigenvalue weighted by Gasteiger charge is 2.01. The van der Waals surface area contributed by atoms with Crippen molar-refractivity contribution in [2.75, 3.05) is 6.54 Å². The van der Waals surface area contributed by atoms with Gasteiger partial charge in [0.1, 0.15) is 0 Å². The van der Waals surface area contributed by atoms with Crippen molar-refractivity contribution in [3.8, 4) is 0 Å². The fraction of sp³-hybridized carbons (Fsp3) is 0.556. The average Bonchev–Trinajstić information content (AvgIpc) is 2.39. The molecular formula is C9H14NS. The Balaban J connectivity index is 2.62. The molecule has 0 atom stereocenters. The van der Waals surface area contributed by atoms with E-state index in [1.165, 1.54) is 23.4 Å². The van der Waals surface area contributed by atoms with Crippen molar-refractivity contribution in [2.24, 2.45) is 0 Å². The van der Waals surface area contributed by atoms with Gasteiger partial charge in [-0.25, -0.2) is 0 Å². The van der Waals surface area contributed by atoms with Crippen LogP contribution in [-0.2, 0) is 6.42 Å². The first-order valence-corrected chi connectivity index (χ1v) is 5.00. The van der Waals surface area contributed by atoms with Gasteiger partial charge < -0.3 is 0 Å². The Hall–Kier alpha value is -0.500. The Morgan fingerprint density at radius 1 is 1.45 bits per heavy atom. The summed E-state index contributed by atoms with van der Waals surface area (Å²) < 4.78 is 0. The van der Waals surface area contributed by atoms with E-state index in [9.17, 15) is 0 Å². The van der Waals surface area contributed by atoms with E-state index in [0.717, 1.165) is 6.54 Å². The second-order valence-corrected chi connectivity index (χ2v) is 3.45. The zero-order valence-corrected chi connectivity index (χ0v) is 7.95. The predicted octanol–water partition coefficient (Wildman–Crippen LogP) is 2.96. The van der Waals surface area contributed by atoms with Crippen molar-refractivity contribution in [1.29, 1.82) is 0 Å². The van der Waals surface area contributed by atoms with E-state index in [-0.39, 0.29) is 0 Å². The van der Waals surface area contributed by atoms with Crippen LogP contribution < -0.4 is 5.32 Å². The topological polar surface area (TPSA) is 14.1 Å². The van der Waals surface area contributed by atoms with Crippen molar-refractivity contribution >= 4 is 17.0 Å². The molecule has 0 unspecified atom stereocenters. The van der Waals surface area contributed by atoms with Crippen LogP contribution in [0.2, 0.25) is 0 Å². The summed E-state index contributed by atoms with van der Waals surface area (Å²) in [7, 11) is 0. The molecule has 0 aromatic carbocycles. The summed E-state index contributed by atoms with van der Waals surface area (Å²) in [5.41, 5.74) is 1.21. The zero-order chi connectivity index (χ0) is 8.10. The van der Waals surface area contributed by atoms with E-state index in [0.29, 0.717) is 0 Å². The van der Waals surface area contributed by atoms with Gasteiger partial charge in [0.15, 0.2) is 0 Å². The Bertz CT molecular complexity index is 185. The molecule has 0 aliphatic carbocycles. The minimum absolute atomic E-state index is 0.896. The van der Waals surface area contributed by atoms with Crippen LogP contribution in [0.4, 0.5) is 5.69 Å². The SMILES string of the molecule is CCCc1sccc1[N]CC. The van der Waals surface area contributed by atoms with Gasteiger partial charge in [-0.1, -0.05) is 13.3 Å². The molecule has 0 saturated carbocycles. The van der Waals surface area contributed by atoms with E-state index in [2.05, 4.69) is 30.6 Å². The molecule has 1 heterocycles. The third-order valence-corrected chi connectivity index (χ3v) is 2.50. The monoisotopic (exact) mass is 168 g/mol. The molecule has 0 aliphatic heterocycles. The molecule has 1 rings (SSSR count). The summed E-state index contributed by atoms with van der Waals surface area (Å²) in [5.74, 6) is 0. The molecule has 61 valence electrons. The standard InChI is InChI=1S/C9H14NS/c1-3-5-9-8(10-4-2)6-7-11-9/h6-7H,3-5H2,1-2H3. The molecule has 2 heteroatoms. The lowest BCUT2D eigenvalue weighted by Gasteiger charge is -1.99. The largest absolute Gasteiger partial charge is 0.284 e. The fourth-order valence-electron chi connectivity index (χ4n) is 1.06. The van der Waals surface area contributed by atoms with Gasteiger partial charge in [0.2, 0.25) is 0 Å². The molecule has 0 spiro atoms. The minimum Gasteiger partial charge on any atom is -0.284 e. The normalized spacial score (nSPS) is 10.0. The van der Waals surface area contributed by atoms with Gasteiger partial charge in [0.25, 0.3) is 0 Å². The van der Waals surface area contributed by atoms with Gasteiger partial charge in [-0.15, -0.1) is 11.3 Å². The Morgan fingerprint density at radius 3 is 2.91 bits per heavy atom. The molecule has 0 aliphatic rings. The minimum atomic E-state index is 0.896. The first kappa shape index (κ1) is 8.60. The molecular weight excluding hydrogens is 154 g/mol. The van der Waals surface area contributed by atoms with Crippen LogP contribution in [-0.4, -0.2) is 6.54 Å². The maximum absolute atomic E-state index is 4.40. The molecule has 1 radical (unpaired) electrons. The van der Waals surface area contributed by atoms with Crippen LogP contribution in [0, 0.1) is 0 Å². The quantitative estimate of drug-likeness (QED) is 0.656. The lowest BCUT2D eigenvalue weighted by molar-refractivity contribution is 0.879. The van der Waals surface area contributed by atoms with Crippen LogP contribution in [0.15, 0.2) is 11.4 Å². The lowest BCUT2D eigenvalue weighted by atomic mass is 10.2. The number of thiophene rings is 1. The molecule has 0 fully saturated rings. The van der Waals surface area contributed by atoms with E-state index in [1.807, 2.05) is 11.3 Å². The molecule has 1 nitrogen and oxygen atoms in total. The smallest absolute Gasteiger partial charge is 0.0713 e. The van der Waals surface area contributed by atoms with Crippen LogP contribution in [0.1, 0.15) is 25.1 Å². The third-order valence-electron chi connectivity index (χ3n) is 1.53. The third kappa shape index (κ3) is 2.22. The fourth-order valence-corrected chi connectivity index (χ4v) is 2.00. The summed E-state index contributed by atoms with van der Waals surface area (Å²) in [6.45, 7) is 5.18. The van der Waals surface area contributed by atoms with Crippen LogP contribution >= 0.6 is 11.3 Å². The highest BCUT2D eigenvalue weighted by atomic mass is 32.1. The van der Waals surface area contributed by atoms with Gasteiger partial charge in [0.05, 0.1) is 5.69 Å². The van der Waals surface area contributed by atoms with Crippen LogP contribution in [0.5, 0.6) is 0 Å². The highest BCUT2D eigenvalue weighted by molar-refractivity contribution is 7.10. The zero-order valence-electron chi connectivity index (χ0n) is 7.13. The summed E-state index contributed by atoms with van der Waals surface area (Å²) in [6, 6.07) is 2.11. The molecule has 1 aromatic heterocycles. The van der Waals surface area contributed by atoms with Crippen molar-refractivity contribution in [3.05, 3.63) is 16.3 Å². The molecule has 0 bridgehead atoms. The Labute approximate surface area is 72.4 Å². The molecule has 11 heavy (non-hydrogen) atoms. The van der Waals surface area contributed by atoms with Crippen molar-refractivity contribution in [2.45, 2.75) is 26.7 Å². The second kappa shape index (κ2) is 4.39. The van der Waals surface area contributed by atoms with Gasteiger partial charge >= 0.3 is 0 Å². The number of hydrogen-bond donors (Lipinski definition) is 0. The average molecular weight is 168 g/mol. The summed E-state index contributed by atoms with van der Waals surface area (Å²) in [4.78, 5) is 1.44. The van der Waals surface area contributed by atoms with Crippen LogP contribution in [0.25, 0.3) is 0 Å². The van der Waals surface area contributed by atoms with Crippen molar-refractivity contribution < 1.29 is 0 Å². The van der Waals surface area contributed by atoms with Gasteiger partial charge in [-0.05, 0) is 24.8 Å². The van der Waals surface area contributed by atoms with Gasteiger partial charge in [-0.3, -0.25) is 5.32 Å². The summed E-state index contributed by atoms with van der Waals surface area (Å²) in [5, 5.41) is 6.52. The highest BCUT2D eigenvalue weighted by Crippen LogP contribution is 2.23. The number of hydrogen-bond acceptors (Lipinski definition) is 1. The van der Waals surface area contributed by atoms with E-state index in [4.69, 9.17) is 0 Å². The Morgan fingerprint density at radius 2 is 2.27 bits per heavy atom. The van der Waals surface area contributed by atoms with E-state index in [1.54, 1.807) is 0 Å². The molecule has 0 saturated heterocycles. The Kier molecular flexibility index (Phi) is 3.43. The summed E-state index contributed by atoms with van der Waals surface area (Å²) in [6.07, 6.45) is 2.39. The van der Waals surface area contributed by atoms with E-state index >= 15 is 0 Å². The van der Waals surface area contributed by atoms with Gasteiger partial charge in [-0.2, -0.15) is 0 Å². The predicted molar refractivity (Wildman–Crippen MR) is 50.6 cm³/mol. The van der Waals surface area contributed by atoms with E-state index < -0.39 is 0 Å². The van der Waals surface area contributed by atoms with Crippen molar-refractivity contribution in [3.63, 3.8) is 0 Å². The second-order valence-electron chi connectivity index (χ2n) is 2.45. The lowest BCUT2D eigenvalue weighted by Crippen LogP contribution is -1.95.